The number of thiazole rings is 1. The summed E-state index contributed by atoms with van der Waals surface area (Å²) in [6.07, 6.45) is 2.53. The van der Waals surface area contributed by atoms with Crippen LogP contribution in [0.2, 0.25) is 0 Å². The van der Waals surface area contributed by atoms with Crippen molar-refractivity contribution in [3.8, 4) is 11.5 Å². The molecule has 0 spiro atoms. The van der Waals surface area contributed by atoms with Crippen LogP contribution in [0.15, 0.2) is 17.2 Å². The van der Waals surface area contributed by atoms with Crippen molar-refractivity contribution in [3.05, 3.63) is 38.4 Å². The first-order valence-corrected chi connectivity index (χ1v) is 9.30. The van der Waals surface area contributed by atoms with Crippen molar-refractivity contribution in [1.82, 2.24) is 10.4 Å². The molecule has 0 saturated heterocycles. The predicted octanol–water partition coefficient (Wildman–Crippen LogP) is 2.76. The molecule has 1 amide bonds. The first-order valence-electron chi connectivity index (χ1n) is 8.49. The average molecular weight is 407 g/mol. The van der Waals surface area contributed by atoms with Crippen LogP contribution in [-0.4, -0.2) is 35.7 Å². The van der Waals surface area contributed by atoms with Crippen LogP contribution in [0, 0.1) is 10.1 Å². The lowest BCUT2D eigenvalue weighted by molar-refractivity contribution is -0.386. The van der Waals surface area contributed by atoms with E-state index in [0.29, 0.717) is 40.7 Å². The highest BCUT2D eigenvalue weighted by atomic mass is 32.1. The van der Waals surface area contributed by atoms with E-state index in [9.17, 15) is 14.9 Å². The fourth-order valence-electron chi connectivity index (χ4n) is 2.32. The number of hydrogen-bond acceptors (Lipinski definition) is 9. The first-order chi connectivity index (χ1) is 13.4. The largest absolute Gasteiger partial charge is 0.493 e. The number of amides is 1. The Morgan fingerprint density at radius 2 is 2.21 bits per heavy atom. The number of carbonyl (C=O) groups excluding carboxylic acids is 1. The van der Waals surface area contributed by atoms with Gasteiger partial charge in [-0.2, -0.15) is 5.10 Å². The van der Waals surface area contributed by atoms with Crippen LogP contribution in [-0.2, 0) is 6.42 Å². The van der Waals surface area contributed by atoms with Gasteiger partial charge in [0.15, 0.2) is 10.9 Å². The maximum Gasteiger partial charge on any atom is 0.315 e. The standard InChI is InChI=1S/C17H21N5O5S/c1-4-6-27-14-12(22(24)25)7-10(8-13(14)26-3)9-19-21-16(23)15-11(5-2)20-17(18)28-15/h7-9H,4-6H2,1-3H3,(H2,18,20)(H,21,23)/b19-9-. The molecule has 1 aromatic heterocycles. The molecule has 3 N–H and O–H groups in total. The summed E-state index contributed by atoms with van der Waals surface area (Å²) in [5, 5.41) is 15.5. The maximum atomic E-state index is 12.2. The van der Waals surface area contributed by atoms with Gasteiger partial charge in [-0.25, -0.2) is 10.4 Å². The molecule has 0 bridgehead atoms. The summed E-state index contributed by atoms with van der Waals surface area (Å²) in [6.45, 7) is 4.07. The lowest BCUT2D eigenvalue weighted by atomic mass is 10.2. The molecular formula is C17H21N5O5S. The summed E-state index contributed by atoms with van der Waals surface area (Å²) in [5.74, 6) is -0.186. The van der Waals surface area contributed by atoms with Gasteiger partial charge in [-0.15, -0.1) is 0 Å². The van der Waals surface area contributed by atoms with Crippen LogP contribution < -0.4 is 20.6 Å². The third-order valence-electron chi connectivity index (χ3n) is 3.56. The summed E-state index contributed by atoms with van der Waals surface area (Å²) >= 11 is 1.07. The zero-order valence-electron chi connectivity index (χ0n) is 15.7. The fourth-order valence-corrected chi connectivity index (χ4v) is 3.13. The number of nitrogens with zero attached hydrogens (tertiary/aromatic N) is 3. The molecule has 0 atom stereocenters. The van der Waals surface area contributed by atoms with Gasteiger partial charge in [-0.05, 0) is 18.9 Å². The van der Waals surface area contributed by atoms with Crippen molar-refractivity contribution < 1.29 is 19.2 Å². The summed E-state index contributed by atoms with van der Waals surface area (Å²) in [4.78, 5) is 27.5. The molecule has 0 aliphatic heterocycles. The van der Waals surface area contributed by atoms with E-state index in [0.717, 1.165) is 11.3 Å². The third-order valence-corrected chi connectivity index (χ3v) is 4.49. The van der Waals surface area contributed by atoms with E-state index in [1.54, 1.807) is 0 Å². The number of nitrogen functional groups attached to an aromatic ring is 1. The zero-order valence-corrected chi connectivity index (χ0v) is 16.5. The van der Waals surface area contributed by atoms with Crippen LogP contribution in [0.1, 0.15) is 41.2 Å². The molecule has 2 aromatic rings. The number of aryl methyl sites for hydroxylation is 1. The molecule has 0 saturated carbocycles. The van der Waals surface area contributed by atoms with E-state index in [1.807, 2.05) is 13.8 Å². The van der Waals surface area contributed by atoms with E-state index in [-0.39, 0.29) is 17.2 Å². The molecule has 2 rings (SSSR count). The Morgan fingerprint density at radius 3 is 2.82 bits per heavy atom. The number of nitrogens with one attached hydrogen (secondary N) is 1. The van der Waals surface area contributed by atoms with Crippen LogP contribution in [0.5, 0.6) is 11.5 Å². The highest BCUT2D eigenvalue weighted by Gasteiger charge is 2.22. The fraction of sp³-hybridized carbons (Fsp3) is 0.353. The van der Waals surface area contributed by atoms with Crippen molar-refractivity contribution >= 4 is 34.3 Å². The number of benzene rings is 1. The maximum absolute atomic E-state index is 12.2. The number of nitro groups is 1. The molecule has 0 unspecified atom stereocenters. The lowest BCUT2D eigenvalue weighted by Gasteiger charge is -2.11. The van der Waals surface area contributed by atoms with Crippen molar-refractivity contribution in [1.29, 1.82) is 0 Å². The van der Waals surface area contributed by atoms with Gasteiger partial charge in [0.2, 0.25) is 5.75 Å². The zero-order chi connectivity index (χ0) is 20.7. The molecule has 28 heavy (non-hydrogen) atoms. The molecule has 11 heteroatoms. The normalized spacial score (nSPS) is 10.8. The minimum Gasteiger partial charge on any atom is -0.493 e. The van der Waals surface area contributed by atoms with Gasteiger partial charge in [-0.3, -0.25) is 14.9 Å². The predicted molar refractivity (Wildman–Crippen MR) is 106 cm³/mol. The highest BCUT2D eigenvalue weighted by Crippen LogP contribution is 2.38. The Morgan fingerprint density at radius 1 is 1.46 bits per heavy atom. The number of nitrogens with two attached hydrogens (primary N) is 1. The monoisotopic (exact) mass is 407 g/mol. The number of aromatic nitrogens is 1. The van der Waals surface area contributed by atoms with E-state index in [4.69, 9.17) is 15.2 Å². The van der Waals surface area contributed by atoms with E-state index in [2.05, 4.69) is 15.5 Å². The molecule has 10 nitrogen and oxygen atoms in total. The minimum absolute atomic E-state index is 0.0586. The molecule has 0 radical (unpaired) electrons. The van der Waals surface area contributed by atoms with Gasteiger partial charge in [-0.1, -0.05) is 25.2 Å². The average Bonchev–Trinajstić information content (AvgIpc) is 3.06. The summed E-state index contributed by atoms with van der Waals surface area (Å²) in [5.41, 5.74) is 8.72. The van der Waals surface area contributed by atoms with Crippen molar-refractivity contribution in [3.63, 3.8) is 0 Å². The molecule has 150 valence electrons. The smallest absolute Gasteiger partial charge is 0.315 e. The molecule has 0 aliphatic rings. The van der Waals surface area contributed by atoms with Crippen LogP contribution in [0.25, 0.3) is 0 Å². The minimum atomic E-state index is -0.558. The van der Waals surface area contributed by atoms with Crippen LogP contribution in [0.3, 0.4) is 0 Å². The number of nitro benzene ring substituents is 1. The second-order valence-electron chi connectivity index (χ2n) is 5.56. The number of methoxy groups -OCH3 is 1. The van der Waals surface area contributed by atoms with Crippen molar-refractivity contribution in [2.45, 2.75) is 26.7 Å². The first kappa shape index (κ1) is 21.1. The molecule has 1 aromatic carbocycles. The van der Waals surface area contributed by atoms with Crippen molar-refractivity contribution in [2.75, 3.05) is 19.5 Å². The number of carbonyl (C=O) groups is 1. The summed E-state index contributed by atoms with van der Waals surface area (Å²) < 4.78 is 10.7. The highest BCUT2D eigenvalue weighted by molar-refractivity contribution is 7.17. The SMILES string of the molecule is CCCOc1c(OC)cc(/C=N\NC(=O)c2sc(N)nc2CC)cc1[N+](=O)[O-]. The molecule has 0 fully saturated rings. The number of anilines is 1. The van der Waals surface area contributed by atoms with E-state index < -0.39 is 10.8 Å². The van der Waals surface area contributed by atoms with Crippen LogP contribution >= 0.6 is 11.3 Å². The van der Waals surface area contributed by atoms with Gasteiger partial charge in [0.05, 0.1) is 30.5 Å². The van der Waals surface area contributed by atoms with Gasteiger partial charge in [0.1, 0.15) is 4.88 Å². The second-order valence-corrected chi connectivity index (χ2v) is 6.59. The Balaban J connectivity index is 2.24. The number of ether oxygens (including phenoxy) is 2. The molecule has 0 aliphatic carbocycles. The summed E-state index contributed by atoms with van der Waals surface area (Å²) in [6, 6.07) is 2.83. The van der Waals surface area contributed by atoms with Gasteiger partial charge in [0, 0.05) is 11.6 Å². The lowest BCUT2D eigenvalue weighted by Crippen LogP contribution is -2.17. The molecular weight excluding hydrogens is 386 g/mol. The Hall–Kier alpha value is -3.21. The summed E-state index contributed by atoms with van der Waals surface area (Å²) in [7, 11) is 1.39. The van der Waals surface area contributed by atoms with Crippen LogP contribution in [0.4, 0.5) is 10.8 Å². The van der Waals surface area contributed by atoms with E-state index >= 15 is 0 Å². The Kier molecular flexibility index (Phi) is 7.27. The van der Waals surface area contributed by atoms with E-state index in [1.165, 1.54) is 25.5 Å². The van der Waals surface area contributed by atoms with Gasteiger partial charge >= 0.3 is 5.69 Å². The van der Waals surface area contributed by atoms with Gasteiger partial charge in [0.25, 0.3) is 5.91 Å². The Labute approximate surface area is 165 Å². The number of hydrazone groups is 1. The topological polar surface area (TPSA) is 142 Å². The molecule has 1 heterocycles. The Bertz CT molecular complexity index is 896. The number of hydrogen-bond donors (Lipinski definition) is 2. The third kappa shape index (κ3) is 4.94. The quantitative estimate of drug-likeness (QED) is 0.370. The van der Waals surface area contributed by atoms with Gasteiger partial charge < -0.3 is 15.2 Å². The second kappa shape index (κ2) is 9.65. The number of rotatable bonds is 9. The van der Waals surface area contributed by atoms with Crippen molar-refractivity contribution in [2.24, 2.45) is 5.10 Å².